The van der Waals surface area contributed by atoms with Gasteiger partial charge in [-0.15, -0.1) is 0 Å². The van der Waals surface area contributed by atoms with Crippen molar-refractivity contribution >= 4 is 17.7 Å². The van der Waals surface area contributed by atoms with Crippen LogP contribution in [0.5, 0.6) is 5.75 Å². The summed E-state index contributed by atoms with van der Waals surface area (Å²) in [6.45, 7) is 2.57. The lowest BCUT2D eigenvalue weighted by Gasteiger charge is -2.15. The number of hydrogen-bond donors (Lipinski definition) is 2. The molecule has 1 aromatic rings. The Morgan fingerprint density at radius 1 is 1.29 bits per heavy atom. The van der Waals surface area contributed by atoms with Crippen LogP contribution in [0, 0.1) is 0 Å². The molecule has 0 aromatic heterocycles. The van der Waals surface area contributed by atoms with Gasteiger partial charge in [0.2, 0.25) is 0 Å². The summed E-state index contributed by atoms with van der Waals surface area (Å²) in [7, 11) is 1.57. The number of amides is 2. The van der Waals surface area contributed by atoms with Crippen LogP contribution >= 0.6 is 0 Å². The van der Waals surface area contributed by atoms with Gasteiger partial charge in [-0.2, -0.15) is 0 Å². The van der Waals surface area contributed by atoms with Crippen molar-refractivity contribution in [3.63, 3.8) is 0 Å². The van der Waals surface area contributed by atoms with Crippen molar-refractivity contribution in [3.8, 4) is 5.75 Å². The fourth-order valence-electron chi connectivity index (χ4n) is 2.87. The van der Waals surface area contributed by atoms with E-state index in [1.807, 2.05) is 0 Å². The molecule has 1 saturated heterocycles. The number of cyclic esters (lactones) is 1. The summed E-state index contributed by atoms with van der Waals surface area (Å²) in [6.07, 6.45) is 2.28. The minimum Gasteiger partial charge on any atom is -0.497 e. The van der Waals surface area contributed by atoms with Crippen molar-refractivity contribution in [2.75, 3.05) is 38.7 Å². The van der Waals surface area contributed by atoms with Crippen LogP contribution in [-0.2, 0) is 9.53 Å². The van der Waals surface area contributed by atoms with Crippen LogP contribution < -0.4 is 15.4 Å². The Morgan fingerprint density at radius 3 is 2.83 bits per heavy atom. The van der Waals surface area contributed by atoms with Crippen molar-refractivity contribution in [1.82, 2.24) is 10.2 Å². The molecule has 3 rings (SSSR count). The average molecular weight is 331 g/mol. The van der Waals surface area contributed by atoms with E-state index in [0.29, 0.717) is 29.3 Å². The van der Waals surface area contributed by atoms with Crippen LogP contribution in [0.15, 0.2) is 35.5 Å². The van der Waals surface area contributed by atoms with Gasteiger partial charge in [0, 0.05) is 18.3 Å². The largest absolute Gasteiger partial charge is 0.497 e. The van der Waals surface area contributed by atoms with E-state index in [2.05, 4.69) is 15.5 Å². The van der Waals surface area contributed by atoms with Gasteiger partial charge >= 0.3 is 12.0 Å². The second-order valence-corrected chi connectivity index (χ2v) is 5.83. The molecule has 2 aliphatic heterocycles. The summed E-state index contributed by atoms with van der Waals surface area (Å²) >= 11 is 0. The van der Waals surface area contributed by atoms with Crippen LogP contribution in [0.2, 0.25) is 0 Å². The number of esters is 1. The van der Waals surface area contributed by atoms with E-state index in [1.165, 1.54) is 0 Å². The van der Waals surface area contributed by atoms with E-state index in [1.54, 1.807) is 31.4 Å². The molecule has 0 bridgehead atoms. The zero-order chi connectivity index (χ0) is 16.9. The van der Waals surface area contributed by atoms with E-state index in [4.69, 9.17) is 9.47 Å². The summed E-state index contributed by atoms with van der Waals surface area (Å²) in [5.74, 6) is 0.305. The maximum absolute atomic E-state index is 12.2. The van der Waals surface area contributed by atoms with E-state index >= 15 is 0 Å². The minimum atomic E-state index is -0.407. The lowest BCUT2D eigenvalue weighted by molar-refractivity contribution is -0.136. The number of carbonyl (C=O) groups is 2. The molecule has 24 heavy (non-hydrogen) atoms. The molecule has 0 aliphatic carbocycles. The number of benzene rings is 1. The first kappa shape index (κ1) is 16.3. The van der Waals surface area contributed by atoms with Gasteiger partial charge in [0.1, 0.15) is 12.4 Å². The standard InChI is InChI=1S/C17H21N3O4/c1-23-13-6-4-5-12(9-13)18-17(22)19-15-11-24-16(21)14(15)10-20-7-2-3-8-20/h4-6,9H,2-3,7-8,10-11H2,1H3,(H2,18,19,22). The molecule has 2 heterocycles. The van der Waals surface area contributed by atoms with Gasteiger partial charge in [0.05, 0.1) is 18.4 Å². The minimum absolute atomic E-state index is 0.105. The van der Waals surface area contributed by atoms with Gasteiger partial charge < -0.3 is 20.1 Å². The molecule has 0 radical (unpaired) electrons. The molecule has 1 aromatic carbocycles. The van der Waals surface area contributed by atoms with Crippen molar-refractivity contribution in [3.05, 3.63) is 35.5 Å². The number of hydrogen-bond acceptors (Lipinski definition) is 5. The summed E-state index contributed by atoms with van der Waals surface area (Å²) in [6, 6.07) is 6.65. The SMILES string of the molecule is COc1cccc(NC(=O)NC2=C(CN3CCCC3)C(=O)OC2)c1. The Kier molecular flexibility index (Phi) is 5.00. The fourth-order valence-corrected chi connectivity index (χ4v) is 2.87. The van der Waals surface area contributed by atoms with Gasteiger partial charge in [0.15, 0.2) is 0 Å². The monoisotopic (exact) mass is 331 g/mol. The number of anilines is 1. The third-order valence-corrected chi connectivity index (χ3v) is 4.13. The Morgan fingerprint density at radius 2 is 2.08 bits per heavy atom. The zero-order valence-corrected chi connectivity index (χ0v) is 13.6. The summed E-state index contributed by atoms with van der Waals surface area (Å²) in [5, 5.41) is 5.46. The molecular weight excluding hydrogens is 310 g/mol. The first-order valence-corrected chi connectivity index (χ1v) is 7.99. The summed E-state index contributed by atoms with van der Waals surface area (Å²) < 4.78 is 10.2. The second-order valence-electron chi connectivity index (χ2n) is 5.83. The van der Waals surface area contributed by atoms with Gasteiger partial charge in [-0.3, -0.25) is 4.90 Å². The number of nitrogens with zero attached hydrogens (tertiary/aromatic N) is 1. The van der Waals surface area contributed by atoms with Crippen molar-refractivity contribution in [1.29, 1.82) is 0 Å². The van der Waals surface area contributed by atoms with Gasteiger partial charge in [-0.05, 0) is 38.1 Å². The molecule has 2 amide bonds. The van der Waals surface area contributed by atoms with Crippen LogP contribution in [0.4, 0.5) is 10.5 Å². The smallest absolute Gasteiger partial charge is 0.337 e. The lowest BCUT2D eigenvalue weighted by Crippen LogP contribution is -2.31. The van der Waals surface area contributed by atoms with E-state index in [9.17, 15) is 9.59 Å². The maximum atomic E-state index is 12.2. The lowest BCUT2D eigenvalue weighted by atomic mass is 10.2. The summed E-state index contributed by atoms with van der Waals surface area (Å²) in [5.41, 5.74) is 1.68. The van der Waals surface area contributed by atoms with Crippen molar-refractivity contribution in [2.45, 2.75) is 12.8 Å². The highest BCUT2D eigenvalue weighted by molar-refractivity contribution is 5.96. The second kappa shape index (κ2) is 7.35. The molecule has 7 heteroatoms. The number of carbonyl (C=O) groups excluding carboxylic acids is 2. The highest BCUT2D eigenvalue weighted by atomic mass is 16.5. The average Bonchev–Trinajstić information content (AvgIpc) is 3.20. The highest BCUT2D eigenvalue weighted by Gasteiger charge is 2.28. The first-order valence-electron chi connectivity index (χ1n) is 7.99. The number of likely N-dealkylation sites (tertiary alicyclic amines) is 1. The van der Waals surface area contributed by atoms with Crippen LogP contribution in [0.3, 0.4) is 0 Å². The van der Waals surface area contributed by atoms with Crippen LogP contribution in [0.25, 0.3) is 0 Å². The number of urea groups is 1. The molecule has 0 atom stereocenters. The molecule has 2 N–H and O–H groups in total. The van der Waals surface area contributed by atoms with Crippen LogP contribution in [-0.4, -0.2) is 50.3 Å². The fraction of sp³-hybridized carbons (Fsp3) is 0.412. The van der Waals surface area contributed by atoms with E-state index in [-0.39, 0.29) is 12.6 Å². The molecule has 0 unspecified atom stereocenters. The van der Waals surface area contributed by atoms with Gasteiger partial charge in [-0.25, -0.2) is 9.59 Å². The van der Waals surface area contributed by atoms with Gasteiger partial charge in [-0.1, -0.05) is 6.07 Å². The molecule has 2 aliphatic rings. The predicted octanol–water partition coefficient (Wildman–Crippen LogP) is 1.72. The van der Waals surface area contributed by atoms with Crippen molar-refractivity contribution < 1.29 is 19.1 Å². The number of ether oxygens (including phenoxy) is 2. The van der Waals surface area contributed by atoms with E-state index in [0.717, 1.165) is 25.9 Å². The number of nitrogens with one attached hydrogen (secondary N) is 2. The summed E-state index contributed by atoms with van der Waals surface area (Å²) in [4.78, 5) is 26.3. The molecule has 128 valence electrons. The van der Waals surface area contributed by atoms with Crippen molar-refractivity contribution in [2.24, 2.45) is 0 Å². The molecule has 7 nitrogen and oxygen atoms in total. The normalized spacial score (nSPS) is 17.8. The number of rotatable bonds is 5. The van der Waals surface area contributed by atoms with E-state index < -0.39 is 6.03 Å². The highest BCUT2D eigenvalue weighted by Crippen LogP contribution is 2.19. The Hall–Kier alpha value is -2.54. The molecule has 1 fully saturated rings. The van der Waals surface area contributed by atoms with Crippen LogP contribution in [0.1, 0.15) is 12.8 Å². The Labute approximate surface area is 140 Å². The predicted molar refractivity (Wildman–Crippen MR) is 88.8 cm³/mol. The Bertz CT molecular complexity index is 666. The first-order chi connectivity index (χ1) is 11.7. The quantitative estimate of drug-likeness (QED) is 0.803. The van der Waals surface area contributed by atoms with Gasteiger partial charge in [0.25, 0.3) is 0 Å². The third-order valence-electron chi connectivity index (χ3n) is 4.13. The topological polar surface area (TPSA) is 79.9 Å². The molecule has 0 spiro atoms. The third kappa shape index (κ3) is 3.86. The molecule has 0 saturated carbocycles. The number of methoxy groups -OCH3 is 1. The maximum Gasteiger partial charge on any atom is 0.337 e. The zero-order valence-electron chi connectivity index (χ0n) is 13.6. The Balaban J connectivity index is 1.64. The molecular formula is C17H21N3O4.